The van der Waals surface area contributed by atoms with E-state index in [9.17, 15) is 4.79 Å². The van der Waals surface area contributed by atoms with Crippen LogP contribution in [-0.4, -0.2) is 30.4 Å². The average Bonchev–Trinajstić information content (AvgIpc) is 3.35. The zero-order chi connectivity index (χ0) is 18.4. The standard InChI is InChI=1S/C18H18N2O6/c1-22-13-7-5-12(10-15(13)23-2)6-8-17(21)25-11-16-19-20-18(26-16)14-4-3-9-24-14/h3-5,7,9-10H,6,8,11H2,1-2H3. The number of aromatic nitrogens is 2. The molecule has 26 heavy (non-hydrogen) atoms. The summed E-state index contributed by atoms with van der Waals surface area (Å²) in [5, 5.41) is 7.66. The van der Waals surface area contributed by atoms with E-state index in [1.807, 2.05) is 12.1 Å². The fourth-order valence-corrected chi connectivity index (χ4v) is 2.31. The molecule has 0 bridgehead atoms. The van der Waals surface area contributed by atoms with E-state index in [4.69, 9.17) is 23.0 Å². The number of esters is 1. The summed E-state index contributed by atoms with van der Waals surface area (Å²) >= 11 is 0. The van der Waals surface area contributed by atoms with E-state index in [1.54, 1.807) is 32.4 Å². The van der Waals surface area contributed by atoms with Crippen LogP contribution in [0.5, 0.6) is 11.5 Å². The normalized spacial score (nSPS) is 10.5. The highest BCUT2D eigenvalue weighted by molar-refractivity contribution is 5.69. The van der Waals surface area contributed by atoms with Gasteiger partial charge in [-0.25, -0.2) is 0 Å². The van der Waals surface area contributed by atoms with Gasteiger partial charge in [0.25, 0.3) is 11.8 Å². The molecule has 0 aliphatic carbocycles. The average molecular weight is 358 g/mol. The van der Waals surface area contributed by atoms with Crippen LogP contribution < -0.4 is 9.47 Å². The lowest BCUT2D eigenvalue weighted by Crippen LogP contribution is -2.06. The summed E-state index contributed by atoms with van der Waals surface area (Å²) < 4.78 is 26.1. The number of carbonyl (C=O) groups is 1. The van der Waals surface area contributed by atoms with Gasteiger partial charge in [-0.15, -0.1) is 10.2 Å². The molecule has 2 aromatic heterocycles. The first-order valence-electron chi connectivity index (χ1n) is 7.92. The largest absolute Gasteiger partial charge is 0.493 e. The summed E-state index contributed by atoms with van der Waals surface area (Å²) in [6, 6.07) is 8.93. The van der Waals surface area contributed by atoms with Crippen LogP contribution in [0.3, 0.4) is 0 Å². The second-order valence-electron chi connectivity index (χ2n) is 5.33. The van der Waals surface area contributed by atoms with Gasteiger partial charge in [0.05, 0.1) is 20.5 Å². The zero-order valence-electron chi connectivity index (χ0n) is 14.4. The Hall–Kier alpha value is -3.29. The topological polar surface area (TPSA) is 96.8 Å². The lowest BCUT2D eigenvalue weighted by Gasteiger charge is -2.09. The van der Waals surface area contributed by atoms with E-state index in [2.05, 4.69) is 10.2 Å². The Kier molecular flexibility index (Phi) is 5.52. The number of nitrogens with zero attached hydrogens (tertiary/aromatic N) is 2. The molecule has 0 radical (unpaired) electrons. The van der Waals surface area contributed by atoms with Crippen molar-refractivity contribution in [2.24, 2.45) is 0 Å². The molecule has 3 rings (SSSR count). The fraction of sp³-hybridized carbons (Fsp3) is 0.278. The van der Waals surface area contributed by atoms with Gasteiger partial charge in [0.15, 0.2) is 23.9 Å². The maximum Gasteiger partial charge on any atom is 0.306 e. The molecule has 2 heterocycles. The molecule has 3 aromatic rings. The van der Waals surface area contributed by atoms with Gasteiger partial charge in [0.1, 0.15) is 0 Å². The molecule has 8 heteroatoms. The lowest BCUT2D eigenvalue weighted by atomic mass is 10.1. The highest BCUT2D eigenvalue weighted by atomic mass is 16.5. The van der Waals surface area contributed by atoms with Gasteiger partial charge in [-0.2, -0.15) is 0 Å². The van der Waals surface area contributed by atoms with Gasteiger partial charge < -0.3 is 23.0 Å². The number of benzene rings is 1. The molecular weight excluding hydrogens is 340 g/mol. The molecule has 0 N–H and O–H groups in total. The van der Waals surface area contributed by atoms with Crippen molar-refractivity contribution in [1.82, 2.24) is 10.2 Å². The summed E-state index contributed by atoms with van der Waals surface area (Å²) in [7, 11) is 3.14. The Balaban J connectivity index is 1.49. The highest BCUT2D eigenvalue weighted by Gasteiger charge is 2.13. The van der Waals surface area contributed by atoms with E-state index in [0.29, 0.717) is 23.7 Å². The summed E-state index contributed by atoms with van der Waals surface area (Å²) in [6.07, 6.45) is 2.24. The molecule has 0 aliphatic heterocycles. The molecule has 0 amide bonds. The minimum atomic E-state index is -0.363. The van der Waals surface area contributed by atoms with E-state index in [0.717, 1.165) is 5.56 Å². The van der Waals surface area contributed by atoms with Crippen molar-refractivity contribution in [3.63, 3.8) is 0 Å². The van der Waals surface area contributed by atoms with E-state index < -0.39 is 0 Å². The van der Waals surface area contributed by atoms with Crippen LogP contribution in [0.15, 0.2) is 45.4 Å². The number of furan rings is 1. The first-order chi connectivity index (χ1) is 12.7. The number of hydrogen-bond donors (Lipinski definition) is 0. The monoisotopic (exact) mass is 358 g/mol. The molecule has 0 aliphatic rings. The third kappa shape index (κ3) is 4.21. The SMILES string of the molecule is COc1ccc(CCC(=O)OCc2nnc(-c3ccco3)o2)cc1OC. The van der Waals surface area contributed by atoms with Gasteiger partial charge in [0, 0.05) is 6.42 Å². The van der Waals surface area contributed by atoms with Crippen LogP contribution in [0.1, 0.15) is 17.9 Å². The number of hydrogen-bond acceptors (Lipinski definition) is 8. The lowest BCUT2D eigenvalue weighted by molar-refractivity contribution is -0.145. The Morgan fingerprint density at radius 1 is 1.12 bits per heavy atom. The minimum absolute atomic E-state index is 0.0848. The number of carbonyl (C=O) groups excluding carboxylic acids is 1. The molecule has 0 saturated carbocycles. The van der Waals surface area contributed by atoms with Crippen LogP contribution in [0, 0.1) is 0 Å². The van der Waals surface area contributed by atoms with Crippen LogP contribution in [0.4, 0.5) is 0 Å². The van der Waals surface area contributed by atoms with Crippen molar-refractivity contribution >= 4 is 5.97 Å². The summed E-state index contributed by atoms with van der Waals surface area (Å²) in [5.74, 6) is 1.81. The molecule has 0 spiro atoms. The van der Waals surface area contributed by atoms with Crippen molar-refractivity contribution in [3.8, 4) is 23.1 Å². The molecule has 0 saturated heterocycles. The first-order valence-corrected chi connectivity index (χ1v) is 7.92. The van der Waals surface area contributed by atoms with Crippen molar-refractivity contribution in [2.75, 3.05) is 14.2 Å². The predicted octanol–water partition coefficient (Wildman–Crippen LogP) is 3.02. The van der Waals surface area contributed by atoms with E-state index in [1.165, 1.54) is 6.26 Å². The van der Waals surface area contributed by atoms with Gasteiger partial charge in [0.2, 0.25) is 0 Å². The van der Waals surface area contributed by atoms with Crippen molar-refractivity contribution < 1.29 is 27.8 Å². The van der Waals surface area contributed by atoms with E-state index >= 15 is 0 Å². The Bertz CT molecular complexity index is 856. The summed E-state index contributed by atoms with van der Waals surface area (Å²) in [5.41, 5.74) is 0.942. The molecule has 8 nitrogen and oxygen atoms in total. The maximum atomic E-state index is 11.9. The number of aryl methyl sites for hydroxylation is 1. The van der Waals surface area contributed by atoms with Crippen LogP contribution in [-0.2, 0) is 22.6 Å². The third-order valence-corrected chi connectivity index (χ3v) is 3.62. The van der Waals surface area contributed by atoms with Crippen molar-refractivity contribution in [2.45, 2.75) is 19.4 Å². The first kappa shape index (κ1) is 17.5. The second-order valence-corrected chi connectivity index (χ2v) is 5.33. The molecule has 136 valence electrons. The van der Waals surface area contributed by atoms with Crippen molar-refractivity contribution in [3.05, 3.63) is 48.0 Å². The van der Waals surface area contributed by atoms with E-state index in [-0.39, 0.29) is 30.8 Å². The Morgan fingerprint density at radius 3 is 2.69 bits per heavy atom. The third-order valence-electron chi connectivity index (χ3n) is 3.62. The number of rotatable bonds is 8. The van der Waals surface area contributed by atoms with Gasteiger partial charge in [-0.1, -0.05) is 6.07 Å². The molecule has 0 unspecified atom stereocenters. The molecule has 0 atom stereocenters. The Labute approximate surface area is 149 Å². The minimum Gasteiger partial charge on any atom is -0.493 e. The van der Waals surface area contributed by atoms with Crippen molar-refractivity contribution in [1.29, 1.82) is 0 Å². The van der Waals surface area contributed by atoms with Gasteiger partial charge in [-0.3, -0.25) is 4.79 Å². The van der Waals surface area contributed by atoms with Crippen LogP contribution in [0.25, 0.3) is 11.7 Å². The number of ether oxygens (including phenoxy) is 3. The van der Waals surface area contributed by atoms with Crippen LogP contribution >= 0.6 is 0 Å². The van der Waals surface area contributed by atoms with Gasteiger partial charge >= 0.3 is 5.97 Å². The number of methoxy groups -OCH3 is 2. The molecule has 0 fully saturated rings. The highest BCUT2D eigenvalue weighted by Crippen LogP contribution is 2.28. The smallest absolute Gasteiger partial charge is 0.306 e. The Morgan fingerprint density at radius 2 is 1.96 bits per heavy atom. The molecule has 1 aromatic carbocycles. The predicted molar refractivity (Wildman–Crippen MR) is 89.7 cm³/mol. The summed E-state index contributed by atoms with van der Waals surface area (Å²) in [6.45, 7) is -0.0848. The molecular formula is C18H18N2O6. The quantitative estimate of drug-likeness (QED) is 0.567. The second kappa shape index (κ2) is 8.19. The maximum absolute atomic E-state index is 11.9. The zero-order valence-corrected chi connectivity index (χ0v) is 14.4. The summed E-state index contributed by atoms with van der Waals surface area (Å²) in [4.78, 5) is 11.9. The van der Waals surface area contributed by atoms with Gasteiger partial charge in [-0.05, 0) is 36.2 Å². The fourth-order valence-electron chi connectivity index (χ4n) is 2.31. The van der Waals surface area contributed by atoms with Crippen LogP contribution in [0.2, 0.25) is 0 Å².